The molecular weight excluding hydrogens is 330 g/mol. The van der Waals surface area contributed by atoms with Gasteiger partial charge in [0.2, 0.25) is 5.91 Å². The van der Waals surface area contributed by atoms with Crippen LogP contribution in [0, 0.1) is 0 Å². The van der Waals surface area contributed by atoms with Gasteiger partial charge in [0.1, 0.15) is 5.75 Å². The maximum atomic E-state index is 11.9. The summed E-state index contributed by atoms with van der Waals surface area (Å²) in [6.45, 7) is 3.06. The van der Waals surface area contributed by atoms with Gasteiger partial charge in [-0.25, -0.2) is 0 Å². The fraction of sp³-hybridized carbons (Fsp3) is 0.278. The van der Waals surface area contributed by atoms with E-state index < -0.39 is 0 Å². The number of ether oxygens (including phenoxy) is 1. The van der Waals surface area contributed by atoms with E-state index in [0.717, 1.165) is 22.6 Å². The molecule has 1 N–H and O–H groups in total. The molecule has 0 radical (unpaired) electrons. The Balaban J connectivity index is 1.76. The first-order valence-corrected chi connectivity index (χ1v) is 9.02. The predicted octanol–water partition coefficient (Wildman–Crippen LogP) is 4.29. The number of amides is 1. The Morgan fingerprint density at radius 3 is 2.57 bits per heavy atom. The second kappa shape index (κ2) is 9.48. The summed E-state index contributed by atoms with van der Waals surface area (Å²) < 4.78 is 5.58. The van der Waals surface area contributed by atoms with Crippen molar-refractivity contribution in [2.75, 3.05) is 12.4 Å². The number of hydrogen-bond donors (Lipinski definition) is 1. The van der Waals surface area contributed by atoms with Crippen LogP contribution in [0.2, 0.25) is 5.02 Å². The van der Waals surface area contributed by atoms with Crippen LogP contribution in [0.1, 0.15) is 18.1 Å². The fourth-order valence-electron chi connectivity index (χ4n) is 2.06. The number of carbonyl (C=O) groups excluding carboxylic acids is 1. The highest BCUT2D eigenvalue weighted by Crippen LogP contribution is 2.23. The predicted molar refractivity (Wildman–Crippen MR) is 97.1 cm³/mol. The summed E-state index contributed by atoms with van der Waals surface area (Å²) in [5.41, 5.74) is 2.03. The Hall–Kier alpha value is -1.65. The van der Waals surface area contributed by atoms with Crippen molar-refractivity contribution in [1.29, 1.82) is 0 Å². The normalized spacial score (nSPS) is 10.3. The van der Waals surface area contributed by atoms with Crippen molar-refractivity contribution in [3.63, 3.8) is 0 Å². The molecule has 1 amide bonds. The van der Waals surface area contributed by atoms with E-state index in [2.05, 4.69) is 5.32 Å². The number of nitrogens with one attached hydrogen (secondary N) is 1. The maximum absolute atomic E-state index is 11.9. The second-order valence-electron chi connectivity index (χ2n) is 4.90. The number of benzene rings is 2. The van der Waals surface area contributed by atoms with Gasteiger partial charge in [-0.2, -0.15) is 0 Å². The number of halogens is 1. The molecule has 0 heterocycles. The van der Waals surface area contributed by atoms with Crippen LogP contribution in [0.3, 0.4) is 0 Å². The van der Waals surface area contributed by atoms with Crippen molar-refractivity contribution in [3.8, 4) is 5.75 Å². The van der Waals surface area contributed by atoms with E-state index in [-0.39, 0.29) is 5.91 Å². The Kier molecular flexibility index (Phi) is 7.30. The molecule has 0 saturated heterocycles. The van der Waals surface area contributed by atoms with Crippen molar-refractivity contribution < 1.29 is 9.53 Å². The molecule has 0 saturated carbocycles. The van der Waals surface area contributed by atoms with Crippen molar-refractivity contribution in [2.45, 2.75) is 19.2 Å². The van der Waals surface area contributed by atoms with Crippen LogP contribution >= 0.6 is 23.4 Å². The van der Waals surface area contributed by atoms with E-state index in [0.29, 0.717) is 23.9 Å². The number of carbonyl (C=O) groups is 1. The molecule has 0 spiro atoms. The number of thioether (sulfide) groups is 1. The molecule has 0 aliphatic rings. The van der Waals surface area contributed by atoms with Gasteiger partial charge in [-0.15, -0.1) is 11.8 Å². The Morgan fingerprint density at radius 2 is 1.83 bits per heavy atom. The summed E-state index contributed by atoms with van der Waals surface area (Å²) in [6, 6.07) is 15.4. The molecule has 0 unspecified atom stereocenters. The molecule has 0 aromatic heterocycles. The molecule has 0 bridgehead atoms. The van der Waals surface area contributed by atoms with Crippen LogP contribution in [0.4, 0.5) is 0 Å². The molecule has 2 aromatic carbocycles. The van der Waals surface area contributed by atoms with Crippen LogP contribution in [-0.2, 0) is 17.1 Å². The van der Waals surface area contributed by atoms with Gasteiger partial charge in [0.15, 0.2) is 0 Å². The lowest BCUT2D eigenvalue weighted by Gasteiger charge is -2.10. The largest absolute Gasteiger partial charge is 0.494 e. The highest BCUT2D eigenvalue weighted by atomic mass is 35.5. The first kappa shape index (κ1) is 17.7. The van der Waals surface area contributed by atoms with Gasteiger partial charge in [-0.1, -0.05) is 48.0 Å². The summed E-state index contributed by atoms with van der Waals surface area (Å²) in [5, 5.41) is 3.56. The minimum atomic E-state index is 0.00353. The molecule has 0 fully saturated rings. The second-order valence-corrected chi connectivity index (χ2v) is 6.29. The van der Waals surface area contributed by atoms with Gasteiger partial charge in [-0.3, -0.25) is 4.79 Å². The van der Waals surface area contributed by atoms with Gasteiger partial charge < -0.3 is 10.1 Å². The van der Waals surface area contributed by atoms with Crippen molar-refractivity contribution in [3.05, 3.63) is 64.7 Å². The Bertz CT molecular complexity index is 648. The zero-order valence-corrected chi connectivity index (χ0v) is 14.6. The fourth-order valence-corrected chi connectivity index (χ4v) is 3.11. The first-order valence-electron chi connectivity index (χ1n) is 7.49. The highest BCUT2D eigenvalue weighted by Gasteiger charge is 2.06. The van der Waals surface area contributed by atoms with E-state index in [1.807, 2.05) is 55.5 Å². The zero-order chi connectivity index (χ0) is 16.5. The molecule has 122 valence electrons. The molecular formula is C18H20ClNO2S. The highest BCUT2D eigenvalue weighted by molar-refractivity contribution is 7.99. The minimum Gasteiger partial charge on any atom is -0.494 e. The van der Waals surface area contributed by atoms with Crippen LogP contribution < -0.4 is 10.1 Å². The molecule has 2 rings (SSSR count). The number of hydrogen-bond acceptors (Lipinski definition) is 3. The van der Waals surface area contributed by atoms with Crippen molar-refractivity contribution in [1.82, 2.24) is 5.32 Å². The molecule has 0 aliphatic carbocycles. The molecule has 0 atom stereocenters. The third-order valence-corrected chi connectivity index (χ3v) is 4.55. The zero-order valence-electron chi connectivity index (χ0n) is 13.0. The van der Waals surface area contributed by atoms with Crippen LogP contribution in [0.5, 0.6) is 5.75 Å². The van der Waals surface area contributed by atoms with Crippen LogP contribution in [0.15, 0.2) is 48.5 Å². The Labute approximate surface area is 146 Å². The summed E-state index contributed by atoms with van der Waals surface area (Å²) in [7, 11) is 0. The van der Waals surface area contributed by atoms with E-state index in [4.69, 9.17) is 16.3 Å². The van der Waals surface area contributed by atoms with Crippen molar-refractivity contribution >= 4 is 29.3 Å². The summed E-state index contributed by atoms with van der Waals surface area (Å²) >= 11 is 7.64. The smallest absolute Gasteiger partial charge is 0.230 e. The standard InChI is InChI=1S/C18H20ClNO2S/c1-2-22-17-10-6-4-8-15(17)12-23-13-18(21)20-11-14-7-3-5-9-16(14)19/h3-10H,2,11-13H2,1H3,(H,20,21). The van der Waals surface area contributed by atoms with Crippen molar-refractivity contribution in [2.24, 2.45) is 0 Å². The molecule has 2 aromatic rings. The van der Waals surface area contributed by atoms with Crippen LogP contribution in [0.25, 0.3) is 0 Å². The average molecular weight is 350 g/mol. The van der Waals surface area contributed by atoms with E-state index in [9.17, 15) is 4.79 Å². The summed E-state index contributed by atoms with van der Waals surface area (Å²) in [6.07, 6.45) is 0. The van der Waals surface area contributed by atoms with Gasteiger partial charge in [0.25, 0.3) is 0 Å². The molecule has 5 heteroatoms. The third-order valence-electron chi connectivity index (χ3n) is 3.20. The van der Waals surface area contributed by atoms with Gasteiger partial charge in [0.05, 0.1) is 12.4 Å². The average Bonchev–Trinajstić information content (AvgIpc) is 2.56. The third kappa shape index (κ3) is 5.81. The first-order chi connectivity index (χ1) is 11.2. The lowest BCUT2D eigenvalue weighted by molar-refractivity contribution is -0.118. The van der Waals surface area contributed by atoms with E-state index >= 15 is 0 Å². The van der Waals surface area contributed by atoms with Crippen LogP contribution in [-0.4, -0.2) is 18.3 Å². The summed E-state index contributed by atoms with van der Waals surface area (Å²) in [5.74, 6) is 2.04. The SMILES string of the molecule is CCOc1ccccc1CSCC(=O)NCc1ccccc1Cl. The number of para-hydroxylation sites is 1. The van der Waals surface area contributed by atoms with E-state index in [1.165, 1.54) is 0 Å². The quantitative estimate of drug-likeness (QED) is 0.772. The lowest BCUT2D eigenvalue weighted by Crippen LogP contribution is -2.24. The summed E-state index contributed by atoms with van der Waals surface area (Å²) in [4.78, 5) is 11.9. The maximum Gasteiger partial charge on any atom is 0.230 e. The lowest BCUT2D eigenvalue weighted by atomic mass is 10.2. The molecule has 3 nitrogen and oxygen atoms in total. The number of rotatable bonds is 8. The monoisotopic (exact) mass is 349 g/mol. The van der Waals surface area contributed by atoms with Gasteiger partial charge >= 0.3 is 0 Å². The molecule has 23 heavy (non-hydrogen) atoms. The Morgan fingerprint density at radius 1 is 1.13 bits per heavy atom. The minimum absolute atomic E-state index is 0.00353. The van der Waals surface area contributed by atoms with Gasteiger partial charge in [0, 0.05) is 22.9 Å². The topological polar surface area (TPSA) is 38.3 Å². The van der Waals surface area contributed by atoms with E-state index in [1.54, 1.807) is 11.8 Å². The molecule has 0 aliphatic heterocycles. The van der Waals surface area contributed by atoms with Gasteiger partial charge in [-0.05, 0) is 24.6 Å².